The molecule has 0 radical (unpaired) electrons. The zero-order valence-electron chi connectivity index (χ0n) is 8.88. The molecule has 3 nitrogen and oxygen atoms in total. The first kappa shape index (κ1) is 8.70. The van der Waals surface area contributed by atoms with Gasteiger partial charge in [-0.05, 0) is 23.6 Å². The zero-order chi connectivity index (χ0) is 11.4. The van der Waals surface area contributed by atoms with E-state index in [2.05, 4.69) is 0 Å². The normalized spacial score (nSPS) is 11.8. The molecule has 0 saturated carbocycles. The summed E-state index contributed by atoms with van der Waals surface area (Å²) < 4.78 is 6.88. The Labute approximate surface area is 95.9 Å². The lowest BCUT2D eigenvalue weighted by atomic mass is 10.1. The fraction of sp³-hybridized carbons (Fsp3) is 0. The van der Waals surface area contributed by atoms with Gasteiger partial charge in [0.2, 0.25) is 5.52 Å². The quantitative estimate of drug-likeness (QED) is 0.337. The molecule has 0 N–H and O–H groups in total. The van der Waals surface area contributed by atoms with E-state index in [-0.39, 0.29) is 5.76 Å². The van der Waals surface area contributed by atoms with Crippen LogP contribution in [0.3, 0.4) is 0 Å². The van der Waals surface area contributed by atoms with Crippen molar-refractivity contribution in [3.05, 3.63) is 59.2 Å². The predicted molar refractivity (Wildman–Crippen MR) is 64.3 cm³/mol. The molecule has 4 rings (SSSR count). The lowest BCUT2D eigenvalue weighted by Gasteiger charge is -2.02. The first-order valence-electron chi connectivity index (χ1n) is 5.43. The van der Waals surface area contributed by atoms with E-state index < -0.39 is 0 Å². The van der Waals surface area contributed by atoms with Crippen LogP contribution in [-0.2, 0) is 0 Å². The van der Waals surface area contributed by atoms with Gasteiger partial charge in [-0.2, -0.15) is 4.79 Å². The first-order chi connectivity index (χ1) is 8.34. The van der Waals surface area contributed by atoms with E-state index in [1.165, 1.54) is 0 Å². The van der Waals surface area contributed by atoms with Gasteiger partial charge >= 0.3 is 5.76 Å². The van der Waals surface area contributed by atoms with Crippen LogP contribution >= 0.6 is 0 Å². The molecule has 0 bridgehead atoms. The molecule has 4 aromatic rings. The number of pyridine rings is 1. The average Bonchev–Trinajstić information content (AvgIpc) is 2.37. The molecular formula is C14H8NO2+. The molecule has 0 aliphatic carbocycles. The number of nitrogens with zero attached hydrogens (tertiary/aromatic N) is 1. The van der Waals surface area contributed by atoms with E-state index in [1.54, 1.807) is 10.6 Å². The summed E-state index contributed by atoms with van der Waals surface area (Å²) in [5.41, 5.74) is 1.57. The van der Waals surface area contributed by atoms with Crippen LogP contribution in [0, 0.1) is 0 Å². The maximum Gasteiger partial charge on any atom is 0.608 e. The number of aromatic nitrogens is 1. The van der Waals surface area contributed by atoms with Crippen molar-refractivity contribution in [3.63, 3.8) is 0 Å². The summed E-state index contributed by atoms with van der Waals surface area (Å²) in [5.74, 6) is -0.346. The van der Waals surface area contributed by atoms with Crippen molar-refractivity contribution in [1.29, 1.82) is 0 Å². The second kappa shape index (κ2) is 2.83. The predicted octanol–water partition coefficient (Wildman–Crippen LogP) is 2.12. The van der Waals surface area contributed by atoms with Gasteiger partial charge in [0.05, 0.1) is 5.39 Å². The fourth-order valence-corrected chi connectivity index (χ4v) is 2.43. The van der Waals surface area contributed by atoms with Gasteiger partial charge < -0.3 is 4.42 Å². The zero-order valence-corrected chi connectivity index (χ0v) is 8.88. The maximum absolute atomic E-state index is 11.9. The highest BCUT2D eigenvalue weighted by Crippen LogP contribution is 2.26. The second-order valence-corrected chi connectivity index (χ2v) is 4.10. The van der Waals surface area contributed by atoms with E-state index in [4.69, 9.17) is 4.42 Å². The molecule has 0 unspecified atom stereocenters. The summed E-state index contributed by atoms with van der Waals surface area (Å²) in [6.07, 6.45) is 1.74. The van der Waals surface area contributed by atoms with Crippen LogP contribution in [0.4, 0.5) is 0 Å². The third-order valence-electron chi connectivity index (χ3n) is 3.16. The van der Waals surface area contributed by atoms with Crippen molar-refractivity contribution in [2.45, 2.75) is 0 Å². The lowest BCUT2D eigenvalue weighted by Crippen LogP contribution is -2.39. The van der Waals surface area contributed by atoms with Gasteiger partial charge in [-0.25, -0.2) is 0 Å². The Bertz CT molecular complexity index is 908. The third-order valence-corrected chi connectivity index (χ3v) is 3.16. The summed E-state index contributed by atoms with van der Waals surface area (Å²) in [5, 5.41) is 3.14. The van der Waals surface area contributed by atoms with Crippen molar-refractivity contribution < 1.29 is 8.82 Å². The van der Waals surface area contributed by atoms with E-state index in [0.717, 1.165) is 21.7 Å². The summed E-state index contributed by atoms with van der Waals surface area (Å²) in [4.78, 5) is 11.9. The van der Waals surface area contributed by atoms with Crippen molar-refractivity contribution in [1.82, 2.24) is 0 Å². The topological polar surface area (TPSA) is 34.3 Å². The Morgan fingerprint density at radius 1 is 0.941 bits per heavy atom. The van der Waals surface area contributed by atoms with Crippen molar-refractivity contribution >= 4 is 27.3 Å². The average molecular weight is 222 g/mol. The third kappa shape index (κ3) is 1.00. The van der Waals surface area contributed by atoms with E-state index in [9.17, 15) is 4.79 Å². The molecule has 0 aliphatic rings. The molecule has 2 heterocycles. The van der Waals surface area contributed by atoms with E-state index >= 15 is 0 Å². The van der Waals surface area contributed by atoms with E-state index in [1.807, 2.05) is 42.5 Å². The molecule has 0 amide bonds. The lowest BCUT2D eigenvalue weighted by molar-refractivity contribution is -0.542. The van der Waals surface area contributed by atoms with Crippen molar-refractivity contribution in [3.8, 4) is 0 Å². The molecule has 0 aliphatic heterocycles. The molecule has 0 spiro atoms. The standard InChI is InChI=1S/C14H8NO2/c16-14-15-8-2-4-10-7-6-9-3-1-5-11(17-14)12(9)13(10)15/h1-8H/q+1. The van der Waals surface area contributed by atoms with Crippen LogP contribution in [0.2, 0.25) is 0 Å². The Hall–Kier alpha value is -2.42. The van der Waals surface area contributed by atoms with Gasteiger partial charge in [0.1, 0.15) is 0 Å². The summed E-state index contributed by atoms with van der Waals surface area (Å²) in [6, 6.07) is 13.7. The van der Waals surface area contributed by atoms with Gasteiger partial charge in [-0.15, -0.1) is 0 Å². The van der Waals surface area contributed by atoms with Gasteiger partial charge in [-0.1, -0.05) is 22.6 Å². The smallest absolute Gasteiger partial charge is 0.371 e. The highest BCUT2D eigenvalue weighted by Gasteiger charge is 2.18. The number of rotatable bonds is 0. The van der Waals surface area contributed by atoms with Crippen molar-refractivity contribution in [2.24, 2.45) is 0 Å². The highest BCUT2D eigenvalue weighted by molar-refractivity contribution is 6.10. The van der Waals surface area contributed by atoms with E-state index in [0.29, 0.717) is 5.58 Å². The van der Waals surface area contributed by atoms with Crippen LogP contribution < -0.4 is 10.2 Å². The number of benzene rings is 2. The Kier molecular flexibility index (Phi) is 1.45. The van der Waals surface area contributed by atoms with Gasteiger partial charge in [0.15, 0.2) is 11.8 Å². The molecule has 17 heavy (non-hydrogen) atoms. The summed E-state index contributed by atoms with van der Waals surface area (Å²) in [7, 11) is 0. The Morgan fingerprint density at radius 3 is 2.71 bits per heavy atom. The van der Waals surface area contributed by atoms with Crippen LogP contribution in [0.1, 0.15) is 0 Å². The van der Waals surface area contributed by atoms with Gasteiger partial charge in [-0.3, -0.25) is 0 Å². The van der Waals surface area contributed by atoms with Crippen LogP contribution in [0.25, 0.3) is 27.3 Å². The second-order valence-electron chi connectivity index (χ2n) is 4.10. The molecule has 0 saturated heterocycles. The molecule has 2 aromatic heterocycles. The highest BCUT2D eigenvalue weighted by atomic mass is 16.4. The Morgan fingerprint density at radius 2 is 1.76 bits per heavy atom. The largest absolute Gasteiger partial charge is 0.608 e. The monoisotopic (exact) mass is 222 g/mol. The van der Waals surface area contributed by atoms with Crippen molar-refractivity contribution in [2.75, 3.05) is 0 Å². The summed E-state index contributed by atoms with van der Waals surface area (Å²) in [6.45, 7) is 0. The van der Waals surface area contributed by atoms with Crippen LogP contribution in [-0.4, -0.2) is 0 Å². The Balaban J connectivity index is 2.55. The fourth-order valence-electron chi connectivity index (χ4n) is 2.43. The minimum Gasteiger partial charge on any atom is -0.371 e. The minimum atomic E-state index is -0.346. The number of hydrogen-bond acceptors (Lipinski definition) is 2. The number of hydrogen-bond donors (Lipinski definition) is 0. The summed E-state index contributed by atoms with van der Waals surface area (Å²) >= 11 is 0. The molecule has 80 valence electrons. The first-order valence-corrected chi connectivity index (χ1v) is 5.43. The SMILES string of the molecule is O=c1oc2cccc3ccc4ccc[n+]1c4c32. The molecule has 3 heteroatoms. The maximum atomic E-state index is 11.9. The molecule has 0 atom stereocenters. The molecule has 0 fully saturated rings. The minimum absolute atomic E-state index is 0.346. The van der Waals surface area contributed by atoms with Gasteiger partial charge in [0, 0.05) is 11.5 Å². The van der Waals surface area contributed by atoms with Crippen LogP contribution in [0.15, 0.2) is 57.9 Å². The van der Waals surface area contributed by atoms with Gasteiger partial charge in [0.25, 0.3) is 0 Å². The molecule has 2 aromatic carbocycles. The molecular weight excluding hydrogens is 214 g/mol. The van der Waals surface area contributed by atoms with Crippen LogP contribution in [0.5, 0.6) is 0 Å².